The van der Waals surface area contributed by atoms with Crippen LogP contribution in [-0.4, -0.2) is 29.5 Å². The molecule has 1 saturated carbocycles. The van der Waals surface area contributed by atoms with E-state index in [2.05, 4.69) is 0 Å². The molecule has 6 nitrogen and oxygen atoms in total. The van der Waals surface area contributed by atoms with Gasteiger partial charge >= 0.3 is 0 Å². The van der Waals surface area contributed by atoms with Crippen LogP contribution in [0.25, 0.3) is 0 Å². The summed E-state index contributed by atoms with van der Waals surface area (Å²) in [5.74, 6) is -1.02. The van der Waals surface area contributed by atoms with E-state index in [0.29, 0.717) is 6.61 Å². The quantitative estimate of drug-likeness (QED) is 0.591. The van der Waals surface area contributed by atoms with Crippen molar-refractivity contribution in [1.82, 2.24) is 0 Å². The number of ether oxygens (including phenoxy) is 2. The van der Waals surface area contributed by atoms with E-state index in [4.69, 9.17) is 9.47 Å². The number of nitrogens with zero attached hydrogens (tertiary/aromatic N) is 1. The molecule has 2 unspecified atom stereocenters. The Morgan fingerprint density at radius 2 is 2.25 bits per heavy atom. The Bertz CT molecular complexity index is 533. The Morgan fingerprint density at radius 3 is 2.80 bits per heavy atom. The highest BCUT2D eigenvalue weighted by Gasteiger charge is 2.43. The molecule has 0 N–H and O–H groups in total. The number of nitro groups is 1. The van der Waals surface area contributed by atoms with Crippen molar-refractivity contribution >= 4 is 11.5 Å². The van der Waals surface area contributed by atoms with Crippen LogP contribution in [0.3, 0.4) is 0 Å². The number of Topliss-reactive ketones (excluding diaryl/α,β-unsaturated/α-hetero) is 1. The fourth-order valence-electron chi connectivity index (χ4n) is 1.88. The summed E-state index contributed by atoms with van der Waals surface area (Å²) in [5.41, 5.74) is -0.349. The zero-order valence-corrected chi connectivity index (χ0v) is 10.9. The minimum absolute atomic E-state index is 0.0780. The zero-order valence-electron chi connectivity index (χ0n) is 10.9. The first-order valence-electron chi connectivity index (χ1n) is 6.28. The fraction of sp³-hybridized carbons (Fsp3) is 0.462. The first kappa shape index (κ1) is 14.4. The van der Waals surface area contributed by atoms with E-state index >= 15 is 0 Å². The SMILES string of the molecule is CCCOC1C(=O)CC1Oc1ccc([N+](=O)[O-])cc1F. The maximum Gasteiger partial charge on any atom is 0.272 e. The topological polar surface area (TPSA) is 78.7 Å². The van der Waals surface area contributed by atoms with Crippen LogP contribution in [0.5, 0.6) is 5.75 Å². The summed E-state index contributed by atoms with van der Waals surface area (Å²) in [4.78, 5) is 21.2. The minimum atomic E-state index is -0.826. The summed E-state index contributed by atoms with van der Waals surface area (Å²) >= 11 is 0. The van der Waals surface area contributed by atoms with Gasteiger partial charge in [0.05, 0.1) is 11.0 Å². The molecule has 0 spiro atoms. The van der Waals surface area contributed by atoms with Crippen molar-refractivity contribution in [2.24, 2.45) is 0 Å². The van der Waals surface area contributed by atoms with Gasteiger partial charge in [-0.15, -0.1) is 0 Å². The molecule has 1 aromatic carbocycles. The molecule has 1 aliphatic rings. The van der Waals surface area contributed by atoms with Crippen molar-refractivity contribution in [3.63, 3.8) is 0 Å². The second-order valence-electron chi connectivity index (χ2n) is 4.49. The van der Waals surface area contributed by atoms with Gasteiger partial charge in [0.1, 0.15) is 6.10 Å². The summed E-state index contributed by atoms with van der Waals surface area (Å²) in [5, 5.41) is 10.5. The molecule has 7 heteroatoms. The van der Waals surface area contributed by atoms with Gasteiger partial charge in [0.15, 0.2) is 23.5 Å². The number of ketones is 1. The molecular formula is C13H14FNO5. The second-order valence-corrected chi connectivity index (χ2v) is 4.49. The minimum Gasteiger partial charge on any atom is -0.484 e. The van der Waals surface area contributed by atoms with E-state index in [1.807, 2.05) is 6.92 Å². The average Bonchev–Trinajstić information content (AvgIpc) is 2.40. The van der Waals surface area contributed by atoms with Gasteiger partial charge in [-0.1, -0.05) is 6.92 Å². The fourth-order valence-corrected chi connectivity index (χ4v) is 1.88. The molecular weight excluding hydrogens is 269 g/mol. The lowest BCUT2D eigenvalue weighted by Gasteiger charge is -2.34. The van der Waals surface area contributed by atoms with Crippen molar-refractivity contribution in [1.29, 1.82) is 0 Å². The van der Waals surface area contributed by atoms with E-state index in [0.717, 1.165) is 18.6 Å². The number of halogens is 1. The summed E-state index contributed by atoms with van der Waals surface area (Å²) < 4.78 is 24.3. The van der Waals surface area contributed by atoms with E-state index in [1.54, 1.807) is 0 Å². The number of rotatable bonds is 6. The molecule has 0 radical (unpaired) electrons. The van der Waals surface area contributed by atoms with Crippen LogP contribution in [0, 0.1) is 15.9 Å². The highest BCUT2D eigenvalue weighted by atomic mass is 19.1. The maximum absolute atomic E-state index is 13.7. The molecule has 1 fully saturated rings. The number of carbonyl (C=O) groups is 1. The molecule has 0 saturated heterocycles. The van der Waals surface area contributed by atoms with E-state index in [-0.39, 0.29) is 23.6 Å². The van der Waals surface area contributed by atoms with Crippen molar-refractivity contribution in [2.75, 3.05) is 6.61 Å². The summed E-state index contributed by atoms with van der Waals surface area (Å²) in [6.07, 6.45) is -0.290. The number of nitro benzene ring substituents is 1. The molecule has 0 amide bonds. The molecule has 2 rings (SSSR count). The summed E-state index contributed by atoms with van der Waals surface area (Å²) in [6.45, 7) is 2.34. The number of non-ortho nitro benzene ring substituents is 1. The standard InChI is InChI=1S/C13H14FNO5/c1-2-5-19-13-10(16)7-12(13)20-11-4-3-8(15(17)18)6-9(11)14/h3-4,6,12-13H,2,5,7H2,1H3. The van der Waals surface area contributed by atoms with Crippen molar-refractivity contribution in [3.05, 3.63) is 34.1 Å². The number of hydrogen-bond donors (Lipinski definition) is 0. The molecule has 0 aromatic heterocycles. The Morgan fingerprint density at radius 1 is 1.50 bits per heavy atom. The Kier molecular flexibility index (Phi) is 4.29. The van der Waals surface area contributed by atoms with Gasteiger partial charge in [-0.3, -0.25) is 14.9 Å². The van der Waals surface area contributed by atoms with Crippen molar-refractivity contribution < 1.29 is 23.6 Å². The van der Waals surface area contributed by atoms with E-state index in [9.17, 15) is 19.3 Å². The largest absolute Gasteiger partial charge is 0.484 e. The molecule has 20 heavy (non-hydrogen) atoms. The molecule has 1 aromatic rings. The van der Waals surface area contributed by atoms with Gasteiger partial charge in [-0.05, 0) is 12.5 Å². The van der Waals surface area contributed by atoms with E-state index < -0.39 is 22.9 Å². The lowest BCUT2D eigenvalue weighted by Crippen LogP contribution is -2.52. The Labute approximate surface area is 114 Å². The first-order chi connectivity index (χ1) is 9.52. The van der Waals surface area contributed by atoms with Gasteiger partial charge in [-0.25, -0.2) is 4.39 Å². The molecule has 0 aliphatic heterocycles. The summed E-state index contributed by atoms with van der Waals surface area (Å²) in [7, 11) is 0. The number of hydrogen-bond acceptors (Lipinski definition) is 5. The molecule has 108 valence electrons. The first-order valence-corrected chi connectivity index (χ1v) is 6.28. The molecule has 2 atom stereocenters. The smallest absolute Gasteiger partial charge is 0.272 e. The van der Waals surface area contributed by atoms with E-state index in [1.165, 1.54) is 6.07 Å². The summed E-state index contributed by atoms with van der Waals surface area (Å²) in [6, 6.07) is 3.13. The van der Waals surface area contributed by atoms with Crippen LogP contribution >= 0.6 is 0 Å². The lowest BCUT2D eigenvalue weighted by molar-refractivity contribution is -0.385. The zero-order chi connectivity index (χ0) is 14.7. The van der Waals surface area contributed by atoms with Crippen molar-refractivity contribution in [3.8, 4) is 5.75 Å². The molecule has 0 heterocycles. The normalized spacial score (nSPS) is 21.4. The average molecular weight is 283 g/mol. The maximum atomic E-state index is 13.7. The third-order valence-corrected chi connectivity index (χ3v) is 2.96. The lowest BCUT2D eigenvalue weighted by atomic mass is 9.90. The van der Waals surface area contributed by atoms with Gasteiger partial charge in [0.2, 0.25) is 0 Å². The Hall–Kier alpha value is -2.02. The van der Waals surface area contributed by atoms with Crippen molar-refractivity contribution in [2.45, 2.75) is 32.0 Å². The van der Waals surface area contributed by atoms with Gasteiger partial charge in [0, 0.05) is 19.1 Å². The number of carbonyl (C=O) groups excluding carboxylic acids is 1. The van der Waals surface area contributed by atoms with Crippen LogP contribution in [0.4, 0.5) is 10.1 Å². The Balaban J connectivity index is 2.03. The van der Waals surface area contributed by atoms with Crippen LogP contribution in [0.15, 0.2) is 18.2 Å². The van der Waals surface area contributed by atoms with Crippen LogP contribution < -0.4 is 4.74 Å². The third-order valence-electron chi connectivity index (χ3n) is 2.96. The van der Waals surface area contributed by atoms with Gasteiger partial charge in [0.25, 0.3) is 5.69 Å². The predicted molar refractivity (Wildman–Crippen MR) is 67.1 cm³/mol. The molecule has 0 bridgehead atoms. The van der Waals surface area contributed by atoms with Gasteiger partial charge < -0.3 is 9.47 Å². The third kappa shape index (κ3) is 2.93. The van der Waals surface area contributed by atoms with Crippen LogP contribution in [-0.2, 0) is 9.53 Å². The van der Waals surface area contributed by atoms with Crippen LogP contribution in [0.1, 0.15) is 19.8 Å². The van der Waals surface area contributed by atoms with Crippen LogP contribution in [0.2, 0.25) is 0 Å². The molecule has 1 aliphatic carbocycles. The monoisotopic (exact) mass is 283 g/mol. The van der Waals surface area contributed by atoms with Gasteiger partial charge in [-0.2, -0.15) is 0 Å². The second kappa shape index (κ2) is 5.96. The highest BCUT2D eigenvalue weighted by molar-refractivity contribution is 5.90. The predicted octanol–water partition coefficient (Wildman–Crippen LogP) is 2.25. The number of benzene rings is 1. The highest BCUT2D eigenvalue weighted by Crippen LogP contribution is 2.29.